The zero-order chi connectivity index (χ0) is 17.8. The molecule has 0 spiro atoms. The number of hydrogen-bond acceptors (Lipinski definition) is 6. The van der Waals surface area contributed by atoms with Crippen molar-refractivity contribution in [2.24, 2.45) is 0 Å². The van der Waals surface area contributed by atoms with E-state index >= 15 is 0 Å². The van der Waals surface area contributed by atoms with E-state index < -0.39 is 22.8 Å². The Morgan fingerprint density at radius 3 is 2.88 bits per heavy atom. The van der Waals surface area contributed by atoms with Crippen molar-refractivity contribution in [2.45, 2.75) is 17.4 Å². The molecule has 0 aliphatic carbocycles. The summed E-state index contributed by atoms with van der Waals surface area (Å²) in [6.45, 7) is 1.59. The highest BCUT2D eigenvalue weighted by Gasteiger charge is 2.20. The van der Waals surface area contributed by atoms with Crippen LogP contribution in [-0.2, 0) is 4.79 Å². The van der Waals surface area contributed by atoms with Gasteiger partial charge < -0.3 is 9.73 Å². The Bertz CT molecular complexity index is 889. The summed E-state index contributed by atoms with van der Waals surface area (Å²) in [7, 11) is 0. The third-order valence-electron chi connectivity index (χ3n) is 3.15. The molecule has 0 unspecified atom stereocenters. The highest BCUT2D eigenvalue weighted by molar-refractivity contribution is 8.00. The van der Waals surface area contributed by atoms with E-state index in [4.69, 9.17) is 4.42 Å². The molecule has 0 aliphatic heterocycles. The van der Waals surface area contributed by atoms with Crippen LogP contribution < -0.4 is 5.32 Å². The van der Waals surface area contributed by atoms with E-state index in [1.165, 1.54) is 0 Å². The van der Waals surface area contributed by atoms with Gasteiger partial charge in [-0.15, -0.1) is 10.2 Å². The highest BCUT2D eigenvalue weighted by atomic mass is 32.2. The lowest BCUT2D eigenvalue weighted by Gasteiger charge is -2.10. The third-order valence-corrected chi connectivity index (χ3v) is 4.08. The van der Waals surface area contributed by atoms with Crippen molar-refractivity contribution in [3.8, 4) is 11.5 Å². The number of thioether (sulfide) groups is 1. The lowest BCUT2D eigenvalue weighted by atomic mass is 10.3. The van der Waals surface area contributed by atoms with Gasteiger partial charge in [0.2, 0.25) is 11.8 Å². The van der Waals surface area contributed by atoms with Crippen LogP contribution in [0.2, 0.25) is 0 Å². The molecule has 1 amide bonds. The monoisotopic (exact) mass is 362 g/mol. The Kier molecular flexibility index (Phi) is 5.03. The summed E-state index contributed by atoms with van der Waals surface area (Å²) < 4.78 is 32.2. The molecule has 1 atom stereocenters. The number of nitrogens with one attached hydrogen (secondary N) is 1. The molecule has 0 fully saturated rings. The second-order valence-electron chi connectivity index (χ2n) is 4.99. The molecule has 9 heteroatoms. The van der Waals surface area contributed by atoms with Gasteiger partial charge in [-0.05, 0) is 31.2 Å². The maximum atomic E-state index is 13.6. The third kappa shape index (κ3) is 4.18. The Hall–Kier alpha value is -2.81. The molecule has 6 nitrogen and oxygen atoms in total. The van der Waals surface area contributed by atoms with Gasteiger partial charge in [0.25, 0.3) is 5.22 Å². The molecule has 1 aromatic carbocycles. The summed E-state index contributed by atoms with van der Waals surface area (Å²) in [6, 6.07) is 6.33. The fourth-order valence-electron chi connectivity index (χ4n) is 1.90. The number of benzene rings is 1. The minimum atomic E-state index is -0.719. The molecule has 2 heterocycles. The minimum absolute atomic E-state index is 0.182. The SMILES string of the molecule is C[C@H](Sc1nnc(-c2cccnc2)o1)C(=O)Nc1cc(F)ccc1F. The molecule has 3 aromatic rings. The number of rotatable bonds is 5. The molecule has 0 bridgehead atoms. The fourth-order valence-corrected chi connectivity index (χ4v) is 2.58. The van der Waals surface area contributed by atoms with Crippen LogP contribution in [0.15, 0.2) is 52.4 Å². The molecule has 0 aliphatic rings. The summed E-state index contributed by atoms with van der Waals surface area (Å²) in [5.41, 5.74) is 0.430. The fraction of sp³-hybridized carbons (Fsp3) is 0.125. The summed E-state index contributed by atoms with van der Waals surface area (Å²) in [6.07, 6.45) is 3.19. The van der Waals surface area contributed by atoms with Gasteiger partial charge in [0.1, 0.15) is 11.6 Å². The molecular weight excluding hydrogens is 350 g/mol. The molecule has 0 saturated carbocycles. The Morgan fingerprint density at radius 2 is 2.12 bits per heavy atom. The zero-order valence-corrected chi connectivity index (χ0v) is 13.8. The second kappa shape index (κ2) is 7.39. The van der Waals surface area contributed by atoms with E-state index in [0.29, 0.717) is 5.56 Å². The van der Waals surface area contributed by atoms with Crippen LogP contribution in [0.1, 0.15) is 6.92 Å². The first-order chi connectivity index (χ1) is 12.0. The zero-order valence-electron chi connectivity index (χ0n) is 12.9. The minimum Gasteiger partial charge on any atom is -0.411 e. The van der Waals surface area contributed by atoms with Crippen LogP contribution >= 0.6 is 11.8 Å². The van der Waals surface area contributed by atoms with Crippen molar-refractivity contribution in [1.29, 1.82) is 0 Å². The average Bonchev–Trinajstić information content (AvgIpc) is 3.07. The lowest BCUT2D eigenvalue weighted by Crippen LogP contribution is -2.23. The largest absolute Gasteiger partial charge is 0.411 e. The summed E-state index contributed by atoms with van der Waals surface area (Å²) in [4.78, 5) is 16.1. The number of halogens is 2. The van der Waals surface area contributed by atoms with E-state index in [-0.39, 0.29) is 16.8 Å². The summed E-state index contributed by atoms with van der Waals surface area (Å²) >= 11 is 1.01. The molecule has 128 valence electrons. The van der Waals surface area contributed by atoms with Gasteiger partial charge in [-0.2, -0.15) is 0 Å². The van der Waals surface area contributed by atoms with Crippen LogP contribution in [0.25, 0.3) is 11.5 Å². The van der Waals surface area contributed by atoms with Crippen LogP contribution in [-0.4, -0.2) is 26.3 Å². The van der Waals surface area contributed by atoms with Crippen molar-refractivity contribution in [1.82, 2.24) is 15.2 Å². The smallest absolute Gasteiger partial charge is 0.277 e. The molecule has 3 rings (SSSR count). The predicted octanol–water partition coefficient (Wildman–Crippen LogP) is 3.53. The van der Waals surface area contributed by atoms with Crippen LogP contribution in [0.3, 0.4) is 0 Å². The predicted molar refractivity (Wildman–Crippen MR) is 87.8 cm³/mol. The normalized spacial score (nSPS) is 12.0. The van der Waals surface area contributed by atoms with Crippen molar-refractivity contribution >= 4 is 23.4 Å². The Balaban J connectivity index is 1.66. The van der Waals surface area contributed by atoms with Crippen molar-refractivity contribution in [2.75, 3.05) is 5.32 Å². The van der Waals surface area contributed by atoms with Gasteiger partial charge in [0, 0.05) is 18.5 Å². The number of amides is 1. The standard InChI is InChI=1S/C16H12F2N4O2S/c1-9(14(23)20-13-7-11(17)4-5-12(13)18)25-16-22-21-15(24-16)10-3-2-6-19-8-10/h2-9H,1H3,(H,20,23)/t9-/m0/s1. The maximum Gasteiger partial charge on any atom is 0.277 e. The quantitative estimate of drug-likeness (QED) is 0.700. The Labute approximate surface area is 145 Å². The first kappa shape index (κ1) is 17.0. The van der Waals surface area contributed by atoms with Gasteiger partial charge in [-0.1, -0.05) is 11.8 Å². The molecule has 25 heavy (non-hydrogen) atoms. The van der Waals surface area contributed by atoms with E-state index in [1.807, 2.05) is 0 Å². The van der Waals surface area contributed by atoms with Gasteiger partial charge in [-0.25, -0.2) is 8.78 Å². The molecule has 2 aromatic heterocycles. The van der Waals surface area contributed by atoms with Crippen LogP contribution in [0.5, 0.6) is 0 Å². The molecule has 0 saturated heterocycles. The molecule has 0 radical (unpaired) electrons. The number of hydrogen-bond donors (Lipinski definition) is 1. The second-order valence-corrected chi connectivity index (χ2v) is 6.28. The number of carbonyl (C=O) groups excluding carboxylic acids is 1. The van der Waals surface area contributed by atoms with E-state index in [9.17, 15) is 13.6 Å². The highest BCUT2D eigenvalue weighted by Crippen LogP contribution is 2.26. The van der Waals surface area contributed by atoms with E-state index in [2.05, 4.69) is 20.5 Å². The summed E-state index contributed by atoms with van der Waals surface area (Å²) in [5.74, 6) is -1.60. The van der Waals surface area contributed by atoms with Crippen molar-refractivity contribution in [3.05, 3.63) is 54.4 Å². The number of pyridine rings is 1. The van der Waals surface area contributed by atoms with Gasteiger partial charge >= 0.3 is 0 Å². The molecule has 1 N–H and O–H groups in total. The first-order valence-corrected chi connectivity index (χ1v) is 8.07. The maximum absolute atomic E-state index is 13.6. The van der Waals surface area contributed by atoms with Crippen molar-refractivity contribution < 1.29 is 18.0 Å². The van der Waals surface area contributed by atoms with Crippen LogP contribution in [0.4, 0.5) is 14.5 Å². The summed E-state index contributed by atoms with van der Waals surface area (Å²) in [5, 5.41) is 9.60. The van der Waals surface area contributed by atoms with Gasteiger partial charge in [0.15, 0.2) is 0 Å². The topological polar surface area (TPSA) is 80.9 Å². The number of aromatic nitrogens is 3. The lowest BCUT2D eigenvalue weighted by molar-refractivity contribution is -0.115. The number of nitrogens with zero attached hydrogens (tertiary/aromatic N) is 3. The van der Waals surface area contributed by atoms with Gasteiger partial charge in [0.05, 0.1) is 16.5 Å². The first-order valence-electron chi connectivity index (χ1n) is 7.19. The average molecular weight is 362 g/mol. The Morgan fingerprint density at radius 1 is 1.28 bits per heavy atom. The van der Waals surface area contributed by atoms with E-state index in [0.717, 1.165) is 30.0 Å². The van der Waals surface area contributed by atoms with Crippen LogP contribution in [0, 0.1) is 11.6 Å². The van der Waals surface area contributed by atoms with Crippen molar-refractivity contribution in [3.63, 3.8) is 0 Å². The molecular formula is C16H12F2N4O2S. The number of anilines is 1. The number of carbonyl (C=O) groups is 1. The van der Waals surface area contributed by atoms with Gasteiger partial charge in [-0.3, -0.25) is 9.78 Å². The van der Waals surface area contributed by atoms with E-state index in [1.54, 1.807) is 31.5 Å².